The van der Waals surface area contributed by atoms with E-state index in [4.69, 9.17) is 4.98 Å². The molecule has 0 amide bonds. The summed E-state index contributed by atoms with van der Waals surface area (Å²) >= 11 is 0. The highest BCUT2D eigenvalue weighted by Crippen LogP contribution is 2.21. The van der Waals surface area contributed by atoms with Crippen LogP contribution in [-0.4, -0.2) is 36.2 Å². The number of fused-ring (bicyclic) bond motifs is 1. The second kappa shape index (κ2) is 7.39. The molecule has 3 heterocycles. The first-order valence-corrected chi connectivity index (χ1v) is 9.90. The fourth-order valence-electron chi connectivity index (χ4n) is 4.12. The minimum Gasteiger partial charge on any atom is -0.317 e. The van der Waals surface area contributed by atoms with Gasteiger partial charge in [-0.1, -0.05) is 36.8 Å². The minimum absolute atomic E-state index is 0.292. The summed E-state index contributed by atoms with van der Waals surface area (Å²) in [6, 6.07) is 10.6. The van der Waals surface area contributed by atoms with Crippen LogP contribution in [0.1, 0.15) is 37.6 Å². The van der Waals surface area contributed by atoms with Crippen LogP contribution in [0.2, 0.25) is 0 Å². The quantitative estimate of drug-likeness (QED) is 0.692. The fourth-order valence-corrected chi connectivity index (χ4v) is 4.12. The summed E-state index contributed by atoms with van der Waals surface area (Å²) in [6.07, 6.45) is 3.62. The Morgan fingerprint density at radius 3 is 2.50 bits per heavy atom. The molecule has 0 radical (unpaired) electrons. The second-order valence-corrected chi connectivity index (χ2v) is 7.79. The van der Waals surface area contributed by atoms with Crippen molar-refractivity contribution in [3.8, 4) is 0 Å². The summed E-state index contributed by atoms with van der Waals surface area (Å²) in [7, 11) is 3.20. The van der Waals surface area contributed by atoms with Gasteiger partial charge >= 0.3 is 5.69 Å². The lowest BCUT2D eigenvalue weighted by molar-refractivity contribution is 0.147. The molecule has 0 unspecified atom stereocenters. The molecule has 4 rings (SSSR count). The third-order valence-corrected chi connectivity index (χ3v) is 5.90. The average Bonchev–Trinajstić information content (AvgIpc) is 3.05. The SMILES string of the molecule is C[C@H]1CCCCN1Cc1nc2c(c(=O)n(C)c(=O)n2C)n1Cc1ccccc1. The van der Waals surface area contributed by atoms with Gasteiger partial charge in [0.1, 0.15) is 5.82 Å². The molecule has 0 bridgehead atoms. The monoisotopic (exact) mass is 381 g/mol. The average molecular weight is 381 g/mol. The maximum atomic E-state index is 13.0. The zero-order chi connectivity index (χ0) is 19.8. The van der Waals surface area contributed by atoms with E-state index in [1.807, 2.05) is 34.9 Å². The third kappa shape index (κ3) is 3.20. The van der Waals surface area contributed by atoms with Crippen molar-refractivity contribution in [2.75, 3.05) is 6.54 Å². The molecule has 0 aliphatic carbocycles. The smallest absolute Gasteiger partial charge is 0.317 e. The number of piperidine rings is 1. The van der Waals surface area contributed by atoms with E-state index in [-0.39, 0.29) is 11.2 Å². The zero-order valence-electron chi connectivity index (χ0n) is 16.8. The molecule has 2 aromatic heterocycles. The van der Waals surface area contributed by atoms with E-state index in [9.17, 15) is 9.59 Å². The van der Waals surface area contributed by atoms with Gasteiger partial charge in [-0.05, 0) is 31.9 Å². The predicted octanol–water partition coefficient (Wildman–Crippen LogP) is 1.86. The van der Waals surface area contributed by atoms with Gasteiger partial charge < -0.3 is 4.57 Å². The molecule has 28 heavy (non-hydrogen) atoms. The number of hydrogen-bond acceptors (Lipinski definition) is 4. The lowest BCUT2D eigenvalue weighted by atomic mass is 10.0. The maximum Gasteiger partial charge on any atom is 0.332 e. The highest BCUT2D eigenvalue weighted by atomic mass is 16.2. The molecule has 7 nitrogen and oxygen atoms in total. The molecule has 1 saturated heterocycles. The molecule has 0 saturated carbocycles. The molecular formula is C21H27N5O2. The Bertz CT molecular complexity index is 1110. The van der Waals surface area contributed by atoms with Crippen LogP contribution in [0, 0.1) is 0 Å². The Balaban J connectivity index is 1.88. The number of nitrogens with zero attached hydrogens (tertiary/aromatic N) is 5. The normalized spacial score (nSPS) is 18.0. The number of imidazole rings is 1. The molecule has 7 heteroatoms. The van der Waals surface area contributed by atoms with Crippen LogP contribution >= 0.6 is 0 Å². The Morgan fingerprint density at radius 2 is 1.79 bits per heavy atom. The van der Waals surface area contributed by atoms with Gasteiger partial charge in [0, 0.05) is 26.7 Å². The lowest BCUT2D eigenvalue weighted by Crippen LogP contribution is -2.38. The van der Waals surface area contributed by atoms with E-state index in [1.54, 1.807) is 7.05 Å². The van der Waals surface area contributed by atoms with Crippen LogP contribution in [0.15, 0.2) is 39.9 Å². The summed E-state index contributed by atoms with van der Waals surface area (Å²) < 4.78 is 4.63. The van der Waals surface area contributed by atoms with Gasteiger partial charge in [-0.2, -0.15) is 0 Å². The number of aromatic nitrogens is 4. The number of likely N-dealkylation sites (tertiary alicyclic amines) is 1. The van der Waals surface area contributed by atoms with Gasteiger partial charge in [-0.25, -0.2) is 9.78 Å². The van der Waals surface area contributed by atoms with E-state index in [2.05, 4.69) is 11.8 Å². The Labute approximate surface area is 163 Å². The Morgan fingerprint density at radius 1 is 1.04 bits per heavy atom. The highest BCUT2D eigenvalue weighted by Gasteiger charge is 2.24. The molecular weight excluding hydrogens is 354 g/mol. The standard InChI is InChI=1S/C21H27N5O2/c1-15-9-7-8-12-25(15)14-17-22-19-18(20(27)24(3)21(28)23(19)2)26(17)13-16-10-5-4-6-11-16/h4-6,10-11,15H,7-9,12-14H2,1-3H3/t15-/m0/s1. The van der Waals surface area contributed by atoms with Gasteiger partial charge in [0.2, 0.25) is 0 Å². The number of benzene rings is 1. The van der Waals surface area contributed by atoms with Crippen molar-refractivity contribution in [2.24, 2.45) is 14.1 Å². The van der Waals surface area contributed by atoms with E-state index < -0.39 is 0 Å². The molecule has 1 aliphatic heterocycles. The number of aryl methyl sites for hydroxylation is 1. The summed E-state index contributed by atoms with van der Waals surface area (Å²) in [6.45, 7) is 4.52. The van der Waals surface area contributed by atoms with E-state index in [0.717, 1.165) is 17.9 Å². The van der Waals surface area contributed by atoms with Crippen LogP contribution in [0.4, 0.5) is 0 Å². The second-order valence-electron chi connectivity index (χ2n) is 7.79. The van der Waals surface area contributed by atoms with Crippen molar-refractivity contribution in [2.45, 2.75) is 45.3 Å². The van der Waals surface area contributed by atoms with Crippen LogP contribution in [-0.2, 0) is 27.2 Å². The summed E-state index contributed by atoms with van der Waals surface area (Å²) in [4.78, 5) is 32.5. The lowest BCUT2D eigenvalue weighted by Gasteiger charge is -2.33. The van der Waals surface area contributed by atoms with Crippen LogP contribution < -0.4 is 11.2 Å². The van der Waals surface area contributed by atoms with E-state index in [0.29, 0.717) is 30.3 Å². The van der Waals surface area contributed by atoms with Crippen LogP contribution in [0.3, 0.4) is 0 Å². The van der Waals surface area contributed by atoms with Gasteiger partial charge in [0.25, 0.3) is 5.56 Å². The third-order valence-electron chi connectivity index (χ3n) is 5.90. The van der Waals surface area contributed by atoms with E-state index >= 15 is 0 Å². The van der Waals surface area contributed by atoms with Crippen molar-refractivity contribution in [1.82, 2.24) is 23.6 Å². The first kappa shape index (κ1) is 18.7. The molecule has 1 aliphatic rings. The van der Waals surface area contributed by atoms with Crippen molar-refractivity contribution in [3.05, 3.63) is 62.6 Å². The molecule has 3 aromatic rings. The fraction of sp³-hybridized carbons (Fsp3) is 0.476. The van der Waals surface area contributed by atoms with Crippen molar-refractivity contribution in [1.29, 1.82) is 0 Å². The molecule has 0 spiro atoms. The molecule has 148 valence electrons. The van der Waals surface area contributed by atoms with Crippen molar-refractivity contribution < 1.29 is 0 Å². The summed E-state index contributed by atoms with van der Waals surface area (Å²) in [5, 5.41) is 0. The van der Waals surface area contributed by atoms with Gasteiger partial charge in [-0.15, -0.1) is 0 Å². The van der Waals surface area contributed by atoms with Crippen molar-refractivity contribution in [3.63, 3.8) is 0 Å². The summed E-state index contributed by atoms with van der Waals surface area (Å²) in [5.74, 6) is 0.839. The maximum absolute atomic E-state index is 13.0. The zero-order valence-corrected chi connectivity index (χ0v) is 16.8. The molecule has 1 fully saturated rings. The van der Waals surface area contributed by atoms with Crippen LogP contribution in [0.5, 0.6) is 0 Å². The van der Waals surface area contributed by atoms with Gasteiger partial charge in [0.05, 0.1) is 6.54 Å². The Hall–Kier alpha value is -2.67. The number of hydrogen-bond donors (Lipinski definition) is 0. The van der Waals surface area contributed by atoms with Gasteiger partial charge in [-0.3, -0.25) is 18.8 Å². The minimum atomic E-state index is -0.347. The first-order valence-electron chi connectivity index (χ1n) is 9.90. The van der Waals surface area contributed by atoms with Gasteiger partial charge in [0.15, 0.2) is 11.2 Å². The molecule has 1 aromatic carbocycles. The Kier molecular flexibility index (Phi) is 4.93. The van der Waals surface area contributed by atoms with Crippen molar-refractivity contribution >= 4 is 11.2 Å². The van der Waals surface area contributed by atoms with Crippen LogP contribution in [0.25, 0.3) is 11.2 Å². The predicted molar refractivity (Wildman–Crippen MR) is 109 cm³/mol. The van der Waals surface area contributed by atoms with E-state index in [1.165, 1.54) is 35.4 Å². The topological polar surface area (TPSA) is 65.1 Å². The molecule has 0 N–H and O–H groups in total. The summed E-state index contributed by atoms with van der Waals surface area (Å²) in [5.41, 5.74) is 1.42. The molecule has 1 atom stereocenters. The number of rotatable bonds is 4. The first-order chi connectivity index (χ1) is 13.5. The highest BCUT2D eigenvalue weighted by molar-refractivity contribution is 5.71. The largest absolute Gasteiger partial charge is 0.332 e.